The van der Waals surface area contributed by atoms with Crippen LogP contribution in [0.1, 0.15) is 24.1 Å². The number of carbonyl (C=O) groups excluding carboxylic acids is 3. The summed E-state index contributed by atoms with van der Waals surface area (Å²) in [6.07, 6.45) is 0.607. The number of aromatic hydroxyl groups is 1. The Morgan fingerprint density at radius 3 is 1.87 bits per heavy atom. The maximum absolute atomic E-state index is 13.1. The fraction of sp³-hybridized carbons (Fsp3) is 0.348. The first kappa shape index (κ1) is 30.2. The van der Waals surface area contributed by atoms with Crippen LogP contribution in [0.5, 0.6) is 5.75 Å². The number of nitrogens with one attached hydrogen (secondary N) is 4. The number of nitrogens with two attached hydrogens (primary N) is 1. The third-order valence-electron chi connectivity index (χ3n) is 5.35. The maximum Gasteiger partial charge on any atom is 0.326 e. The molecule has 0 saturated carbocycles. The Balaban J connectivity index is 2.18. The first-order valence-corrected chi connectivity index (χ1v) is 11.4. The highest BCUT2D eigenvalue weighted by atomic mass is 16.4. The number of hydrogen-bond donors (Lipinski definition) is 9. The van der Waals surface area contributed by atoms with Crippen molar-refractivity contribution in [2.75, 3.05) is 0 Å². The Morgan fingerprint density at radius 1 is 0.795 bits per heavy atom. The molecule has 1 aromatic heterocycles. The van der Waals surface area contributed by atoms with Gasteiger partial charge in [-0.2, -0.15) is 0 Å². The van der Waals surface area contributed by atoms with Crippen molar-refractivity contribution in [3.05, 3.63) is 48.0 Å². The third kappa shape index (κ3) is 10.1. The summed E-state index contributed by atoms with van der Waals surface area (Å²) >= 11 is 0. The van der Waals surface area contributed by atoms with Crippen LogP contribution in [0.4, 0.5) is 0 Å². The molecule has 16 nitrogen and oxygen atoms in total. The van der Waals surface area contributed by atoms with Crippen LogP contribution in [-0.4, -0.2) is 90.2 Å². The van der Waals surface area contributed by atoms with Gasteiger partial charge >= 0.3 is 17.9 Å². The van der Waals surface area contributed by atoms with E-state index in [1.54, 1.807) is 12.1 Å². The van der Waals surface area contributed by atoms with E-state index in [0.717, 1.165) is 0 Å². The number of amides is 3. The minimum atomic E-state index is -1.89. The largest absolute Gasteiger partial charge is 0.508 e. The molecule has 0 saturated heterocycles. The van der Waals surface area contributed by atoms with E-state index in [9.17, 15) is 39.0 Å². The summed E-state index contributed by atoms with van der Waals surface area (Å²) in [6.45, 7) is 0. The van der Waals surface area contributed by atoms with Gasteiger partial charge in [-0.25, -0.2) is 9.78 Å². The molecule has 4 unspecified atom stereocenters. The number of carboxylic acids is 3. The molecule has 2 aromatic rings. The van der Waals surface area contributed by atoms with Crippen molar-refractivity contribution < 1.29 is 49.2 Å². The summed E-state index contributed by atoms with van der Waals surface area (Å²) in [7, 11) is 0. The van der Waals surface area contributed by atoms with Gasteiger partial charge in [0.1, 0.15) is 23.9 Å². The molecule has 1 aromatic carbocycles. The zero-order chi connectivity index (χ0) is 29.1. The van der Waals surface area contributed by atoms with Gasteiger partial charge in [0.25, 0.3) is 0 Å². The first-order chi connectivity index (χ1) is 18.3. The number of phenolic OH excluding ortho intramolecular Hbond substituents is 1. The minimum absolute atomic E-state index is 0.0191. The number of hydrogen-bond acceptors (Lipinski definition) is 9. The zero-order valence-electron chi connectivity index (χ0n) is 20.4. The normalized spacial score (nSPS) is 13.8. The van der Waals surface area contributed by atoms with Crippen LogP contribution in [0.2, 0.25) is 0 Å². The van der Waals surface area contributed by atoms with Crippen LogP contribution in [0.25, 0.3) is 0 Å². The summed E-state index contributed by atoms with van der Waals surface area (Å²) in [6, 6.07) is -0.262. The lowest BCUT2D eigenvalue weighted by molar-refractivity contribution is -0.148. The van der Waals surface area contributed by atoms with E-state index in [1.165, 1.54) is 24.7 Å². The smallest absolute Gasteiger partial charge is 0.326 e. The van der Waals surface area contributed by atoms with Crippen LogP contribution in [-0.2, 0) is 41.6 Å². The predicted octanol–water partition coefficient (Wildman–Crippen LogP) is -2.28. The molecule has 39 heavy (non-hydrogen) atoms. The van der Waals surface area contributed by atoms with Gasteiger partial charge in [-0.15, -0.1) is 0 Å². The van der Waals surface area contributed by atoms with Gasteiger partial charge in [-0.05, 0) is 24.1 Å². The number of carbonyl (C=O) groups is 6. The average Bonchev–Trinajstić information content (AvgIpc) is 3.36. The fourth-order valence-electron chi connectivity index (χ4n) is 3.39. The molecular weight excluding hydrogens is 520 g/mol. The highest BCUT2D eigenvalue weighted by Crippen LogP contribution is 2.11. The summed E-state index contributed by atoms with van der Waals surface area (Å²) in [5.41, 5.74) is 7.00. The fourth-order valence-corrected chi connectivity index (χ4v) is 3.39. The van der Waals surface area contributed by atoms with Crippen LogP contribution >= 0.6 is 0 Å². The lowest BCUT2D eigenvalue weighted by Crippen LogP contribution is -2.58. The molecular formula is C23H28N6O10. The number of H-pyrrole nitrogens is 1. The average molecular weight is 549 g/mol. The van der Waals surface area contributed by atoms with Gasteiger partial charge in [0.15, 0.2) is 0 Å². The standard InChI is InChI=1S/C23H28N6O10/c24-14(5-11-1-3-13(30)4-2-11)20(35)27-15(6-12-9-25-10-26-12)21(36)28-16(7-18(31)32)22(37)29-17(23(38)39)8-19(33)34/h1-4,9-10,14-17,30H,5-8,24H2,(H,25,26)(H,27,35)(H,28,36)(H,29,37)(H,31,32)(H,33,34)(H,38,39). The van der Waals surface area contributed by atoms with E-state index in [1.807, 2.05) is 5.32 Å². The Labute approximate surface area is 220 Å². The maximum atomic E-state index is 13.1. The Bertz CT molecular complexity index is 1180. The summed E-state index contributed by atoms with van der Waals surface area (Å²) in [5, 5.41) is 43.1. The number of rotatable bonds is 15. The number of nitrogens with zero attached hydrogens (tertiary/aromatic N) is 1. The molecule has 0 aliphatic rings. The predicted molar refractivity (Wildman–Crippen MR) is 130 cm³/mol. The van der Waals surface area contributed by atoms with Gasteiger partial charge in [0.2, 0.25) is 17.7 Å². The minimum Gasteiger partial charge on any atom is -0.508 e. The molecule has 3 amide bonds. The van der Waals surface area contributed by atoms with E-state index in [4.69, 9.17) is 15.9 Å². The van der Waals surface area contributed by atoms with E-state index in [0.29, 0.717) is 11.3 Å². The lowest BCUT2D eigenvalue weighted by Gasteiger charge is -2.24. The van der Waals surface area contributed by atoms with Gasteiger partial charge in [-0.1, -0.05) is 12.1 Å². The van der Waals surface area contributed by atoms with Gasteiger partial charge in [0, 0.05) is 18.3 Å². The second-order valence-electron chi connectivity index (χ2n) is 8.48. The number of aromatic amines is 1. The zero-order valence-corrected chi connectivity index (χ0v) is 20.4. The highest BCUT2D eigenvalue weighted by molar-refractivity contribution is 5.96. The van der Waals surface area contributed by atoms with Crippen LogP contribution in [0, 0.1) is 0 Å². The molecule has 210 valence electrons. The Hall–Kier alpha value is -4.99. The van der Waals surface area contributed by atoms with Crippen molar-refractivity contribution in [2.24, 2.45) is 5.73 Å². The molecule has 1 heterocycles. The van der Waals surface area contributed by atoms with Crippen LogP contribution in [0.15, 0.2) is 36.8 Å². The highest BCUT2D eigenvalue weighted by Gasteiger charge is 2.32. The van der Waals surface area contributed by atoms with Crippen LogP contribution in [0.3, 0.4) is 0 Å². The van der Waals surface area contributed by atoms with Crippen molar-refractivity contribution >= 4 is 35.6 Å². The number of aliphatic carboxylic acids is 3. The molecule has 0 aliphatic heterocycles. The number of benzene rings is 1. The number of carboxylic acid groups (broad SMARTS) is 3. The van der Waals surface area contributed by atoms with Crippen molar-refractivity contribution in [2.45, 2.75) is 49.9 Å². The van der Waals surface area contributed by atoms with Gasteiger partial charge in [0.05, 0.1) is 25.2 Å². The second-order valence-corrected chi connectivity index (χ2v) is 8.48. The monoisotopic (exact) mass is 548 g/mol. The summed E-state index contributed by atoms with van der Waals surface area (Å²) in [5.74, 6) is -7.73. The van der Waals surface area contributed by atoms with E-state index < -0.39 is 72.6 Å². The number of imidazole rings is 1. The molecule has 0 spiro atoms. The molecule has 4 atom stereocenters. The molecule has 0 bridgehead atoms. The van der Waals surface area contributed by atoms with Crippen molar-refractivity contribution in [3.8, 4) is 5.75 Å². The second kappa shape index (κ2) is 14.1. The van der Waals surface area contributed by atoms with E-state index in [-0.39, 0.29) is 18.6 Å². The summed E-state index contributed by atoms with van der Waals surface area (Å²) in [4.78, 5) is 78.6. The topological polar surface area (TPSA) is 274 Å². The van der Waals surface area contributed by atoms with E-state index >= 15 is 0 Å². The number of aromatic nitrogens is 2. The van der Waals surface area contributed by atoms with Crippen molar-refractivity contribution in [3.63, 3.8) is 0 Å². The van der Waals surface area contributed by atoms with E-state index in [2.05, 4.69) is 20.6 Å². The molecule has 0 fully saturated rings. The lowest BCUT2D eigenvalue weighted by atomic mass is 10.0. The summed E-state index contributed by atoms with van der Waals surface area (Å²) < 4.78 is 0. The number of phenols is 1. The Morgan fingerprint density at radius 2 is 1.33 bits per heavy atom. The van der Waals surface area contributed by atoms with Gasteiger partial charge < -0.3 is 47.1 Å². The van der Waals surface area contributed by atoms with Gasteiger partial charge in [-0.3, -0.25) is 24.0 Å². The van der Waals surface area contributed by atoms with Crippen LogP contribution < -0.4 is 21.7 Å². The molecule has 10 N–H and O–H groups in total. The third-order valence-corrected chi connectivity index (χ3v) is 5.35. The molecule has 16 heteroatoms. The van der Waals surface area contributed by atoms with Crippen molar-refractivity contribution in [1.29, 1.82) is 0 Å². The molecule has 0 aliphatic carbocycles. The molecule has 0 radical (unpaired) electrons. The SMILES string of the molecule is NC(Cc1ccc(O)cc1)C(=O)NC(Cc1cnc[nH]1)C(=O)NC(CC(=O)O)C(=O)NC(CC(=O)O)C(=O)O. The Kier molecular flexibility index (Phi) is 10.9. The first-order valence-electron chi connectivity index (χ1n) is 11.4. The van der Waals surface area contributed by atoms with Crippen molar-refractivity contribution in [1.82, 2.24) is 25.9 Å². The molecule has 2 rings (SSSR count). The quantitative estimate of drug-likeness (QED) is 0.114.